The first-order valence-electron chi connectivity index (χ1n) is 5.16. The van der Waals surface area contributed by atoms with Gasteiger partial charge in [0.1, 0.15) is 0 Å². The molecule has 1 aromatic carbocycles. The van der Waals surface area contributed by atoms with Gasteiger partial charge in [0.2, 0.25) is 5.91 Å². The third-order valence-corrected chi connectivity index (χ3v) is 2.21. The van der Waals surface area contributed by atoms with Crippen molar-refractivity contribution in [3.63, 3.8) is 0 Å². The molecule has 0 saturated carbocycles. The molecule has 5 heteroatoms. The lowest BCUT2D eigenvalue weighted by atomic mass is 10.1. The zero-order chi connectivity index (χ0) is 12.8. The van der Waals surface area contributed by atoms with Crippen LogP contribution >= 0.6 is 0 Å². The molecular weight excluding hydrogens is 220 g/mol. The standard InChI is InChI=1S/C12H14N2O3/c1-9-5-6-11(8-12(9)14(16)17)4-3-7-13-10(2)15/h3-6,8H,7H2,1-2H3,(H,13,15). The molecule has 1 N–H and O–H groups in total. The monoisotopic (exact) mass is 234 g/mol. The molecular formula is C12H14N2O3. The van der Waals surface area contributed by atoms with E-state index in [4.69, 9.17) is 0 Å². The summed E-state index contributed by atoms with van der Waals surface area (Å²) in [6, 6.07) is 5.02. The number of rotatable bonds is 4. The summed E-state index contributed by atoms with van der Waals surface area (Å²) in [5, 5.41) is 13.3. The Labute approximate surface area is 99.3 Å². The van der Waals surface area contributed by atoms with E-state index in [0.717, 1.165) is 5.56 Å². The van der Waals surface area contributed by atoms with Gasteiger partial charge in [-0.05, 0) is 12.5 Å². The van der Waals surface area contributed by atoms with Crippen LogP contribution in [0.3, 0.4) is 0 Å². The summed E-state index contributed by atoms with van der Waals surface area (Å²) in [4.78, 5) is 20.9. The van der Waals surface area contributed by atoms with Gasteiger partial charge < -0.3 is 5.32 Å². The average molecular weight is 234 g/mol. The van der Waals surface area contributed by atoms with Crippen molar-refractivity contribution in [3.8, 4) is 0 Å². The van der Waals surface area contributed by atoms with Crippen LogP contribution < -0.4 is 5.32 Å². The van der Waals surface area contributed by atoms with Crippen LogP contribution in [0.2, 0.25) is 0 Å². The molecule has 5 nitrogen and oxygen atoms in total. The highest BCUT2D eigenvalue weighted by molar-refractivity contribution is 5.73. The molecule has 0 fully saturated rings. The number of hydrogen-bond acceptors (Lipinski definition) is 3. The third kappa shape index (κ3) is 4.06. The zero-order valence-corrected chi connectivity index (χ0v) is 9.77. The van der Waals surface area contributed by atoms with Gasteiger partial charge in [-0.2, -0.15) is 0 Å². The Bertz CT molecular complexity index is 467. The Morgan fingerprint density at radius 3 is 2.82 bits per heavy atom. The summed E-state index contributed by atoms with van der Waals surface area (Å²) < 4.78 is 0. The number of nitro benzene ring substituents is 1. The molecule has 0 aliphatic rings. The lowest BCUT2D eigenvalue weighted by molar-refractivity contribution is -0.385. The Kier molecular flexibility index (Phi) is 4.39. The molecule has 0 aromatic heterocycles. The second kappa shape index (κ2) is 5.79. The number of nitrogens with zero attached hydrogens (tertiary/aromatic N) is 1. The fraction of sp³-hybridized carbons (Fsp3) is 0.250. The number of carbonyl (C=O) groups excluding carboxylic acids is 1. The van der Waals surface area contributed by atoms with Gasteiger partial charge in [0.25, 0.3) is 5.69 Å². The first-order chi connectivity index (χ1) is 8.00. The predicted octanol–water partition coefficient (Wildman–Crippen LogP) is 2.05. The van der Waals surface area contributed by atoms with E-state index in [-0.39, 0.29) is 11.6 Å². The van der Waals surface area contributed by atoms with Crippen molar-refractivity contribution in [2.24, 2.45) is 0 Å². The molecule has 0 aliphatic heterocycles. The highest BCUT2D eigenvalue weighted by Gasteiger charge is 2.09. The van der Waals surface area contributed by atoms with Crippen LogP contribution in [0.1, 0.15) is 18.1 Å². The minimum absolute atomic E-state index is 0.103. The number of carbonyl (C=O) groups is 1. The molecule has 0 aliphatic carbocycles. The van der Waals surface area contributed by atoms with Gasteiger partial charge >= 0.3 is 0 Å². The van der Waals surface area contributed by atoms with E-state index in [1.165, 1.54) is 13.0 Å². The number of nitrogens with one attached hydrogen (secondary N) is 1. The maximum absolute atomic E-state index is 10.7. The summed E-state index contributed by atoms with van der Waals surface area (Å²) in [6.07, 6.45) is 3.48. The maximum Gasteiger partial charge on any atom is 0.272 e. The summed E-state index contributed by atoms with van der Waals surface area (Å²) in [5.41, 5.74) is 1.48. The zero-order valence-electron chi connectivity index (χ0n) is 9.77. The summed E-state index contributed by atoms with van der Waals surface area (Å²) in [7, 11) is 0. The van der Waals surface area contributed by atoms with Crippen LogP contribution in [-0.4, -0.2) is 17.4 Å². The van der Waals surface area contributed by atoms with E-state index < -0.39 is 4.92 Å². The second-order valence-corrected chi connectivity index (χ2v) is 3.64. The highest BCUT2D eigenvalue weighted by atomic mass is 16.6. The number of aryl methyl sites for hydroxylation is 1. The largest absolute Gasteiger partial charge is 0.353 e. The summed E-state index contributed by atoms with van der Waals surface area (Å²) in [5.74, 6) is -0.107. The van der Waals surface area contributed by atoms with Gasteiger partial charge in [-0.15, -0.1) is 0 Å². The lowest BCUT2D eigenvalue weighted by Gasteiger charge is -1.99. The van der Waals surface area contributed by atoms with Crippen molar-refractivity contribution in [3.05, 3.63) is 45.5 Å². The van der Waals surface area contributed by atoms with E-state index in [0.29, 0.717) is 12.1 Å². The van der Waals surface area contributed by atoms with E-state index in [1.54, 1.807) is 31.2 Å². The number of benzene rings is 1. The van der Waals surface area contributed by atoms with Crippen LogP contribution in [0, 0.1) is 17.0 Å². The fourth-order valence-electron chi connectivity index (χ4n) is 1.32. The van der Waals surface area contributed by atoms with Gasteiger partial charge in [-0.3, -0.25) is 14.9 Å². The second-order valence-electron chi connectivity index (χ2n) is 3.64. The quantitative estimate of drug-likeness (QED) is 0.640. The molecule has 0 atom stereocenters. The Morgan fingerprint density at radius 2 is 2.24 bits per heavy atom. The minimum Gasteiger partial charge on any atom is -0.353 e. The van der Waals surface area contributed by atoms with Gasteiger partial charge in [-0.1, -0.05) is 24.3 Å². The molecule has 0 heterocycles. The molecule has 0 bridgehead atoms. The van der Waals surface area contributed by atoms with Crippen LogP contribution in [-0.2, 0) is 4.79 Å². The first-order valence-corrected chi connectivity index (χ1v) is 5.16. The normalized spacial score (nSPS) is 10.5. The Balaban J connectivity index is 2.75. The summed E-state index contributed by atoms with van der Waals surface area (Å²) >= 11 is 0. The maximum atomic E-state index is 10.7. The van der Waals surface area contributed by atoms with E-state index in [2.05, 4.69) is 5.32 Å². The lowest BCUT2D eigenvalue weighted by Crippen LogP contribution is -2.19. The molecule has 0 spiro atoms. The number of hydrogen-bond donors (Lipinski definition) is 1. The topological polar surface area (TPSA) is 72.2 Å². The smallest absolute Gasteiger partial charge is 0.272 e. The van der Waals surface area contributed by atoms with E-state index in [9.17, 15) is 14.9 Å². The molecule has 1 rings (SSSR count). The van der Waals surface area contributed by atoms with Crippen molar-refractivity contribution < 1.29 is 9.72 Å². The summed E-state index contributed by atoms with van der Waals surface area (Å²) in [6.45, 7) is 3.55. The Morgan fingerprint density at radius 1 is 1.53 bits per heavy atom. The van der Waals surface area contributed by atoms with E-state index >= 15 is 0 Å². The number of amides is 1. The molecule has 0 radical (unpaired) electrons. The van der Waals surface area contributed by atoms with Crippen molar-refractivity contribution in [1.29, 1.82) is 0 Å². The van der Waals surface area contributed by atoms with Crippen molar-refractivity contribution in [1.82, 2.24) is 5.32 Å². The van der Waals surface area contributed by atoms with Gasteiger partial charge in [0.15, 0.2) is 0 Å². The van der Waals surface area contributed by atoms with E-state index in [1.807, 2.05) is 0 Å². The first kappa shape index (κ1) is 12.9. The predicted molar refractivity (Wildman–Crippen MR) is 65.6 cm³/mol. The molecule has 1 amide bonds. The fourth-order valence-corrected chi connectivity index (χ4v) is 1.32. The average Bonchev–Trinajstić information content (AvgIpc) is 2.25. The molecule has 90 valence electrons. The molecule has 1 aromatic rings. The van der Waals surface area contributed by atoms with Crippen LogP contribution in [0.15, 0.2) is 24.3 Å². The van der Waals surface area contributed by atoms with Crippen molar-refractivity contribution in [2.45, 2.75) is 13.8 Å². The van der Waals surface area contributed by atoms with Gasteiger partial charge in [0, 0.05) is 25.1 Å². The highest BCUT2D eigenvalue weighted by Crippen LogP contribution is 2.19. The third-order valence-electron chi connectivity index (χ3n) is 2.21. The molecule has 17 heavy (non-hydrogen) atoms. The minimum atomic E-state index is -0.402. The molecule has 0 unspecified atom stereocenters. The van der Waals surface area contributed by atoms with Gasteiger partial charge in [0.05, 0.1) is 4.92 Å². The number of nitro groups is 1. The Hall–Kier alpha value is -2.17. The van der Waals surface area contributed by atoms with Crippen LogP contribution in [0.5, 0.6) is 0 Å². The SMILES string of the molecule is CC(=O)NCC=Cc1ccc(C)c([N+](=O)[O-])c1. The van der Waals surface area contributed by atoms with Crippen molar-refractivity contribution >= 4 is 17.7 Å². The van der Waals surface area contributed by atoms with Crippen LogP contribution in [0.25, 0.3) is 6.08 Å². The van der Waals surface area contributed by atoms with Gasteiger partial charge in [-0.25, -0.2) is 0 Å². The molecule has 0 saturated heterocycles. The van der Waals surface area contributed by atoms with Crippen molar-refractivity contribution in [2.75, 3.05) is 6.54 Å². The van der Waals surface area contributed by atoms with Crippen LogP contribution in [0.4, 0.5) is 5.69 Å².